The summed E-state index contributed by atoms with van der Waals surface area (Å²) in [6.45, 7) is 4.89. The lowest BCUT2D eigenvalue weighted by atomic mass is 9.70. The molecular weight excluding hydrogens is 799 g/mol. The lowest BCUT2D eigenvalue weighted by Crippen LogP contribution is -2.24. The summed E-state index contributed by atoms with van der Waals surface area (Å²) in [5.74, 6) is 0. The molecule has 3 nitrogen and oxygen atoms in total. The van der Waals surface area contributed by atoms with Crippen LogP contribution in [0.4, 0.5) is 51.2 Å². The van der Waals surface area contributed by atoms with Crippen molar-refractivity contribution in [2.75, 3.05) is 14.7 Å². The third kappa shape index (κ3) is 6.66. The second kappa shape index (κ2) is 16.1. The average molecular weight is 848 g/mol. The first-order chi connectivity index (χ1) is 32.5. The summed E-state index contributed by atoms with van der Waals surface area (Å²) in [7, 11) is 0. The van der Waals surface area contributed by atoms with Gasteiger partial charge in [0.2, 0.25) is 0 Å². The highest BCUT2D eigenvalue weighted by molar-refractivity contribution is 6.32. The van der Waals surface area contributed by atoms with Crippen LogP contribution in [0.5, 0.6) is 0 Å². The van der Waals surface area contributed by atoms with Gasteiger partial charge >= 0.3 is 0 Å². The molecule has 0 unspecified atom stereocenters. The average Bonchev–Trinajstić information content (AvgIpc) is 3.37. The van der Waals surface area contributed by atoms with Crippen LogP contribution in [0.1, 0.15) is 31.4 Å². The van der Waals surface area contributed by atoms with Crippen molar-refractivity contribution in [3.05, 3.63) is 248 Å². The van der Waals surface area contributed by atoms with Crippen LogP contribution in [0.2, 0.25) is 0 Å². The molecule has 0 atom stereocenters. The van der Waals surface area contributed by atoms with Gasteiger partial charge in [-0.3, -0.25) is 0 Å². The highest BCUT2D eigenvalue weighted by atomic mass is 15.2. The number of hydrogen-bond donors (Lipinski definition) is 0. The van der Waals surface area contributed by atoms with E-state index in [1.165, 1.54) is 60.3 Å². The Morgan fingerprint density at radius 3 is 1.18 bits per heavy atom. The van der Waals surface area contributed by atoms with Crippen molar-refractivity contribution in [2.24, 2.45) is 0 Å². The third-order valence-electron chi connectivity index (χ3n) is 13.8. The summed E-state index contributed by atoms with van der Waals surface area (Å²) < 4.78 is 0. The van der Waals surface area contributed by atoms with Gasteiger partial charge in [0, 0.05) is 61.4 Å². The minimum absolute atomic E-state index is 0.0284. The molecule has 0 spiro atoms. The van der Waals surface area contributed by atoms with E-state index in [0.717, 1.165) is 58.3 Å². The number of benzene rings is 11. The lowest BCUT2D eigenvalue weighted by molar-refractivity contribution is 0.475. The highest BCUT2D eigenvalue weighted by Crippen LogP contribution is 2.55. The Kier molecular flexibility index (Phi) is 9.65. The van der Waals surface area contributed by atoms with Crippen LogP contribution in [-0.2, 0) is 11.8 Å². The monoisotopic (exact) mass is 847 g/mol. The van der Waals surface area contributed by atoms with Crippen molar-refractivity contribution >= 4 is 83.5 Å². The van der Waals surface area contributed by atoms with Crippen molar-refractivity contribution in [2.45, 2.75) is 32.1 Å². The normalized spacial score (nSPS) is 13.0. The second-order valence-electron chi connectivity index (χ2n) is 18.2. The molecule has 11 aromatic rings. The maximum absolute atomic E-state index is 2.57. The molecule has 316 valence electrons. The molecule has 0 saturated heterocycles. The van der Waals surface area contributed by atoms with Crippen LogP contribution < -0.4 is 14.7 Å². The number of nitrogens with zero attached hydrogens (tertiary/aromatic N) is 3. The first kappa shape index (κ1) is 39.5. The van der Waals surface area contributed by atoms with Gasteiger partial charge in [-0.2, -0.15) is 0 Å². The van der Waals surface area contributed by atoms with Gasteiger partial charge in [-0.05, 0) is 154 Å². The summed E-state index contributed by atoms with van der Waals surface area (Å²) in [5.41, 5.74) is 15.4. The first-order valence-corrected chi connectivity index (χ1v) is 23.1. The molecule has 0 saturated carbocycles. The van der Waals surface area contributed by atoms with E-state index in [1.807, 2.05) is 0 Å². The highest BCUT2D eigenvalue weighted by Gasteiger charge is 2.34. The molecule has 66 heavy (non-hydrogen) atoms. The van der Waals surface area contributed by atoms with Crippen LogP contribution in [0.3, 0.4) is 0 Å². The zero-order valence-electron chi connectivity index (χ0n) is 37.3. The van der Waals surface area contributed by atoms with E-state index >= 15 is 0 Å². The molecule has 0 aliphatic heterocycles. The van der Waals surface area contributed by atoms with Gasteiger partial charge in [0.15, 0.2) is 0 Å². The molecule has 0 heterocycles. The summed E-state index contributed by atoms with van der Waals surface area (Å²) in [6.07, 6.45) is 2.09. The largest absolute Gasteiger partial charge is 0.311 e. The van der Waals surface area contributed by atoms with Crippen LogP contribution in [0.25, 0.3) is 43.4 Å². The second-order valence-corrected chi connectivity index (χ2v) is 18.2. The molecule has 0 aromatic heterocycles. The van der Waals surface area contributed by atoms with Crippen molar-refractivity contribution in [3.63, 3.8) is 0 Å². The van der Waals surface area contributed by atoms with Gasteiger partial charge < -0.3 is 14.7 Å². The SMILES string of the molecule is CC1(C)CCc2cc(N(c3ccccc3)c3ccccc3)c3ccc4c(-c5ccc(N(c6ccccc6)c6ccccc6)cc5)cc(N(c5ccccc5)c5ccccc5)c5cc1c2c3c45. The van der Waals surface area contributed by atoms with Crippen LogP contribution in [0.15, 0.2) is 237 Å². The molecule has 1 aliphatic rings. The number of rotatable bonds is 10. The van der Waals surface area contributed by atoms with Crippen LogP contribution in [-0.4, -0.2) is 0 Å². The van der Waals surface area contributed by atoms with Gasteiger partial charge in [0.1, 0.15) is 0 Å². The molecule has 0 bridgehead atoms. The number of para-hydroxylation sites is 6. The predicted molar refractivity (Wildman–Crippen MR) is 281 cm³/mol. The van der Waals surface area contributed by atoms with Gasteiger partial charge in [0.25, 0.3) is 0 Å². The number of anilines is 9. The standard InChI is InChI=1S/C63H49N3/c1-63(2)40-39-45-41-58(65(48-25-13-5-14-26-48)49-27-15-6-16-28-49)54-38-37-53-55(44-33-35-52(36-34-44)64(46-21-9-3-10-22-46)47-23-11-4-12-24-47)43-59(56-42-57(63)60(45)62(54)61(53)56)66(50-29-17-7-18-30-50)51-31-19-8-20-32-51/h3-38,41-43H,39-40H2,1-2H3. The Morgan fingerprint density at radius 1 is 0.333 bits per heavy atom. The van der Waals surface area contributed by atoms with E-state index < -0.39 is 0 Å². The van der Waals surface area contributed by atoms with E-state index in [4.69, 9.17) is 0 Å². The quantitative estimate of drug-likeness (QED) is 0.127. The number of aryl methyl sites for hydroxylation is 1. The molecule has 0 N–H and O–H groups in total. The minimum atomic E-state index is -0.0284. The van der Waals surface area contributed by atoms with Crippen molar-refractivity contribution in [1.82, 2.24) is 0 Å². The Hall–Kier alpha value is -8.14. The molecule has 0 amide bonds. The summed E-state index contributed by atoms with van der Waals surface area (Å²) in [6, 6.07) is 86.4. The summed E-state index contributed by atoms with van der Waals surface area (Å²) in [5, 5.41) is 7.82. The van der Waals surface area contributed by atoms with Crippen molar-refractivity contribution in [1.29, 1.82) is 0 Å². The zero-order valence-corrected chi connectivity index (χ0v) is 37.3. The van der Waals surface area contributed by atoms with E-state index in [9.17, 15) is 0 Å². The molecule has 0 fully saturated rings. The van der Waals surface area contributed by atoms with E-state index in [2.05, 4.69) is 265 Å². The van der Waals surface area contributed by atoms with Crippen LogP contribution >= 0.6 is 0 Å². The Labute approximate surface area is 387 Å². The fourth-order valence-electron chi connectivity index (χ4n) is 10.6. The molecule has 12 rings (SSSR count). The smallest absolute Gasteiger partial charge is 0.0546 e. The topological polar surface area (TPSA) is 9.72 Å². The van der Waals surface area contributed by atoms with Crippen LogP contribution in [0, 0.1) is 0 Å². The predicted octanol–water partition coefficient (Wildman–Crippen LogP) is 17.9. The lowest BCUT2D eigenvalue weighted by Gasteiger charge is -2.37. The maximum atomic E-state index is 2.57. The molecule has 3 heteroatoms. The van der Waals surface area contributed by atoms with Gasteiger partial charge in [-0.15, -0.1) is 0 Å². The summed E-state index contributed by atoms with van der Waals surface area (Å²) in [4.78, 5) is 7.27. The van der Waals surface area contributed by atoms with Crippen molar-refractivity contribution in [3.8, 4) is 11.1 Å². The Morgan fingerprint density at radius 2 is 0.727 bits per heavy atom. The maximum Gasteiger partial charge on any atom is 0.0546 e. The fourth-order valence-corrected chi connectivity index (χ4v) is 10.6. The Balaban J connectivity index is 1.18. The molecular formula is C63H49N3. The number of hydrogen-bond acceptors (Lipinski definition) is 3. The fraction of sp³-hybridized carbons (Fsp3) is 0.0794. The third-order valence-corrected chi connectivity index (χ3v) is 13.8. The molecule has 0 radical (unpaired) electrons. The molecule has 1 aliphatic carbocycles. The first-order valence-electron chi connectivity index (χ1n) is 23.1. The van der Waals surface area contributed by atoms with Gasteiger partial charge in [-0.25, -0.2) is 0 Å². The summed E-state index contributed by atoms with van der Waals surface area (Å²) >= 11 is 0. The minimum Gasteiger partial charge on any atom is -0.311 e. The van der Waals surface area contributed by atoms with E-state index in [-0.39, 0.29) is 5.41 Å². The van der Waals surface area contributed by atoms with E-state index in [0.29, 0.717) is 0 Å². The zero-order chi connectivity index (χ0) is 44.2. The molecule has 11 aromatic carbocycles. The Bertz CT molecular complexity index is 3350. The van der Waals surface area contributed by atoms with Gasteiger partial charge in [-0.1, -0.05) is 147 Å². The van der Waals surface area contributed by atoms with E-state index in [1.54, 1.807) is 0 Å². The van der Waals surface area contributed by atoms with Gasteiger partial charge in [0.05, 0.1) is 11.4 Å². The van der Waals surface area contributed by atoms with Crippen molar-refractivity contribution < 1.29 is 0 Å².